The van der Waals surface area contributed by atoms with Crippen LogP contribution >= 0.6 is 11.8 Å². The largest absolute Gasteiger partial charge is 0.481 e. The van der Waals surface area contributed by atoms with Crippen LogP contribution < -0.4 is 0 Å². The molecule has 1 aromatic heterocycles. The molecule has 0 saturated carbocycles. The predicted molar refractivity (Wildman–Crippen MR) is 77.4 cm³/mol. The van der Waals surface area contributed by atoms with Crippen LogP contribution in [0.15, 0.2) is 11.4 Å². The monoisotopic (exact) mass is 313 g/mol. The van der Waals surface area contributed by atoms with Crippen molar-refractivity contribution in [3.8, 4) is 0 Å². The number of imidazole rings is 1. The molecule has 21 heavy (non-hydrogen) atoms. The summed E-state index contributed by atoms with van der Waals surface area (Å²) < 4.78 is 7.00. The van der Waals surface area contributed by atoms with Gasteiger partial charge in [-0.1, -0.05) is 11.8 Å². The summed E-state index contributed by atoms with van der Waals surface area (Å²) in [4.78, 5) is 29.3. The summed E-state index contributed by atoms with van der Waals surface area (Å²) in [5.74, 6) is -0.971. The number of aromatic nitrogens is 2. The summed E-state index contributed by atoms with van der Waals surface area (Å²) in [5, 5.41) is 9.34. The van der Waals surface area contributed by atoms with Crippen molar-refractivity contribution in [1.82, 2.24) is 14.5 Å². The maximum absolute atomic E-state index is 12.5. The van der Waals surface area contributed by atoms with E-state index in [0.29, 0.717) is 31.5 Å². The van der Waals surface area contributed by atoms with Crippen molar-refractivity contribution in [2.75, 3.05) is 32.1 Å². The number of nitrogens with zero attached hydrogens (tertiary/aromatic N) is 3. The number of aryl methyl sites for hydroxylation is 1. The first kappa shape index (κ1) is 15.8. The standard InChI is InChI=1S/C13H19N3O4S/c1-9-7-16(13(14-9)21-8-11(17)18)10(2)12(19)15-3-5-20-6-4-15/h7,10H,3-6,8H2,1-2H3,(H,17,18). The second kappa shape index (κ2) is 6.95. The van der Waals surface area contributed by atoms with Crippen LogP contribution in [0.25, 0.3) is 0 Å². The number of hydrogen-bond acceptors (Lipinski definition) is 5. The molecular formula is C13H19N3O4S. The fourth-order valence-electron chi connectivity index (χ4n) is 2.17. The molecule has 1 fully saturated rings. The Balaban J connectivity index is 2.11. The van der Waals surface area contributed by atoms with Crippen LogP contribution in [0.1, 0.15) is 18.7 Å². The highest BCUT2D eigenvalue weighted by molar-refractivity contribution is 7.99. The van der Waals surface area contributed by atoms with Gasteiger partial charge in [-0.2, -0.15) is 0 Å². The molecule has 0 radical (unpaired) electrons. The summed E-state index contributed by atoms with van der Waals surface area (Å²) in [6, 6.07) is -0.402. The molecule has 0 bridgehead atoms. The van der Waals surface area contributed by atoms with Crippen LogP contribution in [-0.4, -0.2) is 63.5 Å². The molecule has 0 spiro atoms. The van der Waals surface area contributed by atoms with Gasteiger partial charge in [-0.3, -0.25) is 9.59 Å². The molecule has 0 aliphatic carbocycles. The van der Waals surface area contributed by atoms with Crippen molar-refractivity contribution in [2.24, 2.45) is 0 Å². The number of carbonyl (C=O) groups excluding carboxylic acids is 1. The van der Waals surface area contributed by atoms with Crippen molar-refractivity contribution in [1.29, 1.82) is 0 Å². The topological polar surface area (TPSA) is 84.7 Å². The molecule has 0 aromatic carbocycles. The van der Waals surface area contributed by atoms with Crippen LogP contribution in [0.5, 0.6) is 0 Å². The van der Waals surface area contributed by atoms with Gasteiger partial charge in [0.15, 0.2) is 5.16 Å². The Bertz CT molecular complexity index is 525. The molecule has 1 aromatic rings. The molecule has 2 rings (SSSR count). The molecule has 8 heteroatoms. The van der Waals surface area contributed by atoms with Gasteiger partial charge in [-0.25, -0.2) is 4.98 Å². The zero-order valence-corrected chi connectivity index (χ0v) is 12.9. The number of carboxylic acid groups (broad SMARTS) is 1. The zero-order chi connectivity index (χ0) is 15.4. The molecular weight excluding hydrogens is 294 g/mol. The summed E-state index contributed by atoms with van der Waals surface area (Å²) in [7, 11) is 0. The van der Waals surface area contributed by atoms with E-state index >= 15 is 0 Å². The van der Waals surface area contributed by atoms with Gasteiger partial charge in [-0.15, -0.1) is 0 Å². The molecule has 1 aliphatic rings. The first-order valence-corrected chi connectivity index (χ1v) is 7.74. The molecule has 2 heterocycles. The summed E-state index contributed by atoms with van der Waals surface area (Å²) in [6.45, 7) is 5.93. The maximum Gasteiger partial charge on any atom is 0.313 e. The van der Waals surface area contributed by atoms with Gasteiger partial charge in [0.2, 0.25) is 5.91 Å². The number of amides is 1. The average Bonchev–Trinajstić information content (AvgIpc) is 2.85. The van der Waals surface area contributed by atoms with Gasteiger partial charge in [0, 0.05) is 19.3 Å². The number of hydrogen-bond donors (Lipinski definition) is 1. The number of aliphatic carboxylic acids is 1. The van der Waals surface area contributed by atoms with E-state index in [1.54, 1.807) is 15.7 Å². The average molecular weight is 313 g/mol. The van der Waals surface area contributed by atoms with E-state index in [-0.39, 0.29) is 11.7 Å². The lowest BCUT2D eigenvalue weighted by molar-refractivity contribution is -0.138. The predicted octanol–water partition coefficient (Wildman–Crippen LogP) is 0.788. The molecule has 1 aliphatic heterocycles. The van der Waals surface area contributed by atoms with Crippen molar-refractivity contribution in [3.63, 3.8) is 0 Å². The maximum atomic E-state index is 12.5. The number of morpholine rings is 1. The minimum atomic E-state index is -0.903. The SMILES string of the molecule is Cc1cn(C(C)C(=O)N2CCOCC2)c(SCC(=O)O)n1. The lowest BCUT2D eigenvalue weighted by Crippen LogP contribution is -2.43. The third-order valence-corrected chi connectivity index (χ3v) is 4.19. The molecule has 1 N–H and O–H groups in total. The lowest BCUT2D eigenvalue weighted by atomic mass is 10.2. The van der Waals surface area contributed by atoms with E-state index < -0.39 is 12.0 Å². The highest BCUT2D eigenvalue weighted by Gasteiger charge is 2.25. The van der Waals surface area contributed by atoms with Crippen LogP contribution in [0, 0.1) is 6.92 Å². The lowest BCUT2D eigenvalue weighted by Gasteiger charge is -2.29. The third kappa shape index (κ3) is 3.98. The summed E-state index contributed by atoms with van der Waals surface area (Å²) in [5.41, 5.74) is 0.768. The second-order valence-electron chi connectivity index (χ2n) is 4.87. The third-order valence-electron chi connectivity index (χ3n) is 3.24. The zero-order valence-electron chi connectivity index (χ0n) is 12.1. The number of thioether (sulfide) groups is 1. The van der Waals surface area contributed by atoms with Gasteiger partial charge < -0.3 is 19.3 Å². The van der Waals surface area contributed by atoms with Gasteiger partial charge in [0.1, 0.15) is 6.04 Å². The Hall–Kier alpha value is -1.54. The quantitative estimate of drug-likeness (QED) is 0.809. The van der Waals surface area contributed by atoms with E-state index in [2.05, 4.69) is 4.98 Å². The number of ether oxygens (including phenoxy) is 1. The fourth-order valence-corrected chi connectivity index (χ4v) is 2.99. The van der Waals surface area contributed by atoms with Crippen LogP contribution in [0.3, 0.4) is 0 Å². The molecule has 1 unspecified atom stereocenters. The second-order valence-corrected chi connectivity index (χ2v) is 5.81. The van der Waals surface area contributed by atoms with Gasteiger partial charge >= 0.3 is 5.97 Å². The smallest absolute Gasteiger partial charge is 0.313 e. The van der Waals surface area contributed by atoms with Crippen LogP contribution in [0.4, 0.5) is 0 Å². The van der Waals surface area contributed by atoms with Gasteiger partial charge in [-0.05, 0) is 13.8 Å². The Morgan fingerprint density at radius 2 is 2.14 bits per heavy atom. The molecule has 116 valence electrons. The molecule has 1 atom stereocenters. The first-order chi connectivity index (χ1) is 9.99. The summed E-state index contributed by atoms with van der Waals surface area (Å²) in [6.07, 6.45) is 1.78. The van der Waals surface area contributed by atoms with E-state index in [9.17, 15) is 9.59 Å². The minimum absolute atomic E-state index is 0.00729. The van der Waals surface area contributed by atoms with Crippen molar-refractivity contribution in [3.05, 3.63) is 11.9 Å². The number of carboxylic acids is 1. The van der Waals surface area contributed by atoms with Crippen LogP contribution in [-0.2, 0) is 14.3 Å². The molecule has 7 nitrogen and oxygen atoms in total. The Morgan fingerprint density at radius 1 is 1.48 bits per heavy atom. The van der Waals surface area contributed by atoms with Crippen molar-refractivity contribution < 1.29 is 19.4 Å². The first-order valence-electron chi connectivity index (χ1n) is 6.75. The molecule has 1 saturated heterocycles. The van der Waals surface area contributed by atoms with Crippen molar-refractivity contribution in [2.45, 2.75) is 25.0 Å². The van der Waals surface area contributed by atoms with Crippen molar-refractivity contribution >= 4 is 23.6 Å². The van der Waals surface area contributed by atoms with E-state index in [4.69, 9.17) is 9.84 Å². The Morgan fingerprint density at radius 3 is 2.76 bits per heavy atom. The van der Waals surface area contributed by atoms with E-state index in [1.165, 1.54) is 0 Å². The van der Waals surface area contributed by atoms with Gasteiger partial charge in [0.25, 0.3) is 0 Å². The highest BCUT2D eigenvalue weighted by atomic mass is 32.2. The number of rotatable bonds is 5. The Labute approximate surface area is 127 Å². The van der Waals surface area contributed by atoms with E-state index in [0.717, 1.165) is 17.5 Å². The minimum Gasteiger partial charge on any atom is -0.481 e. The van der Waals surface area contributed by atoms with E-state index in [1.807, 2.05) is 13.8 Å². The van der Waals surface area contributed by atoms with Gasteiger partial charge in [0.05, 0.1) is 24.7 Å². The van der Waals surface area contributed by atoms with Crippen LogP contribution in [0.2, 0.25) is 0 Å². The fraction of sp³-hybridized carbons (Fsp3) is 0.615. The molecule has 1 amide bonds. The Kier molecular flexibility index (Phi) is 5.24. The highest BCUT2D eigenvalue weighted by Crippen LogP contribution is 2.23. The summed E-state index contributed by atoms with van der Waals surface area (Å²) >= 11 is 1.13. The normalized spacial score (nSPS) is 16.8. The number of carbonyl (C=O) groups is 2.